The molecule has 0 heterocycles. The van der Waals surface area contributed by atoms with Gasteiger partial charge in [0.1, 0.15) is 0 Å². The molecule has 0 saturated carbocycles. The molecule has 0 radical (unpaired) electrons. The van der Waals surface area contributed by atoms with Gasteiger partial charge in [-0.1, -0.05) is 0 Å². The molecule has 3 heteroatoms. The molecular weight excluding hydrogens is 271 g/mol. The summed E-state index contributed by atoms with van der Waals surface area (Å²) in [7, 11) is 1.68. The van der Waals surface area contributed by atoms with Crippen LogP contribution in [0.1, 0.15) is 13.8 Å². The fourth-order valence-electron chi connectivity index (χ4n) is 0.377. The first-order chi connectivity index (χ1) is 3.62. The Morgan fingerprint density at radius 3 is 2.12 bits per heavy atom. The predicted molar refractivity (Wildman–Crippen MR) is 27.0 cm³/mol. The van der Waals surface area contributed by atoms with Crippen molar-refractivity contribution in [1.82, 2.24) is 0 Å². The molecule has 0 fully saturated rings. The SMILES string of the molecule is COCC(C)(C)[O][Hf]. The molecule has 2 nitrogen and oxygen atoms in total. The number of rotatable bonds is 3. The van der Waals surface area contributed by atoms with E-state index in [2.05, 4.69) is 0 Å². The monoisotopic (exact) mass is 283 g/mol. The van der Waals surface area contributed by atoms with E-state index in [4.69, 9.17) is 7.59 Å². The fraction of sp³-hybridized carbons (Fsp3) is 1.00. The standard InChI is InChI=1S/C5H11O2.Hf/c1-5(2,6)4-7-3;/h4H2,1-3H3;/q-1;+1. The third-order valence-corrected chi connectivity index (χ3v) is 2.75. The van der Waals surface area contributed by atoms with Crippen molar-refractivity contribution in [2.75, 3.05) is 13.7 Å². The summed E-state index contributed by atoms with van der Waals surface area (Å²) in [6.45, 7) is 4.71. The van der Waals surface area contributed by atoms with Crippen LogP contribution in [0.25, 0.3) is 0 Å². The Kier molecular flexibility index (Phi) is 4.12. The second kappa shape index (κ2) is 3.75. The minimum atomic E-state index is -0.0685. The molecule has 0 aromatic rings. The molecule has 0 bridgehead atoms. The summed E-state index contributed by atoms with van der Waals surface area (Å²) in [5.74, 6) is 0. The van der Waals surface area contributed by atoms with Crippen LogP contribution in [-0.2, 0) is 32.4 Å². The molecule has 8 heavy (non-hydrogen) atoms. The molecule has 47 valence electrons. The van der Waals surface area contributed by atoms with Crippen LogP contribution in [0, 0.1) is 0 Å². The Labute approximate surface area is 65.7 Å². The van der Waals surface area contributed by atoms with Gasteiger partial charge in [0.15, 0.2) is 0 Å². The van der Waals surface area contributed by atoms with Crippen molar-refractivity contribution in [3.8, 4) is 0 Å². The van der Waals surface area contributed by atoms with E-state index in [1.54, 1.807) is 7.11 Å². The average molecular weight is 282 g/mol. The first kappa shape index (κ1) is 8.79. The first-order valence-electron chi connectivity index (χ1n) is 2.46. The maximum absolute atomic E-state index is 5.19. The average Bonchev–Trinajstić information content (AvgIpc) is 1.67. The molecule has 0 aliphatic carbocycles. The van der Waals surface area contributed by atoms with Gasteiger partial charge in [0, 0.05) is 0 Å². The molecule has 0 aromatic heterocycles. The first-order valence-corrected chi connectivity index (χ1v) is 3.93. The summed E-state index contributed by atoms with van der Waals surface area (Å²) in [5, 5.41) is 0. The van der Waals surface area contributed by atoms with Gasteiger partial charge in [-0.3, -0.25) is 0 Å². The van der Waals surface area contributed by atoms with Gasteiger partial charge in [0.05, 0.1) is 0 Å². The molecule has 0 N–H and O–H groups in total. The minimum absolute atomic E-state index is 0.0685. The van der Waals surface area contributed by atoms with Crippen LogP contribution in [-0.4, -0.2) is 19.3 Å². The summed E-state index contributed by atoms with van der Waals surface area (Å²) in [6.07, 6.45) is 0. The van der Waals surface area contributed by atoms with Crippen LogP contribution in [0.4, 0.5) is 0 Å². The van der Waals surface area contributed by atoms with Crippen LogP contribution in [0.15, 0.2) is 0 Å². The van der Waals surface area contributed by atoms with Gasteiger partial charge in [-0.25, -0.2) is 0 Å². The summed E-state index contributed by atoms with van der Waals surface area (Å²) >= 11 is 0.782. The molecule has 0 unspecified atom stereocenters. The summed E-state index contributed by atoms with van der Waals surface area (Å²) < 4.78 is 10.1. The third-order valence-electron chi connectivity index (χ3n) is 0.768. The van der Waals surface area contributed by atoms with Crippen LogP contribution < -0.4 is 0 Å². The zero-order chi connectivity index (χ0) is 6.62. The Balaban J connectivity index is 3.37. The van der Waals surface area contributed by atoms with Crippen LogP contribution >= 0.6 is 0 Å². The van der Waals surface area contributed by atoms with Crippen LogP contribution in [0.3, 0.4) is 0 Å². The van der Waals surface area contributed by atoms with Crippen molar-refractivity contribution in [1.29, 1.82) is 0 Å². The van der Waals surface area contributed by atoms with E-state index >= 15 is 0 Å². The van der Waals surface area contributed by atoms with Gasteiger partial charge >= 0.3 is 65.6 Å². The second-order valence-corrected chi connectivity index (χ2v) is 3.03. The molecule has 0 aromatic carbocycles. The predicted octanol–water partition coefficient (Wildman–Crippen LogP) is 0.890. The molecule has 0 spiro atoms. The number of hydrogen-bond donors (Lipinski definition) is 0. The second-order valence-electron chi connectivity index (χ2n) is 2.29. The van der Waals surface area contributed by atoms with Crippen LogP contribution in [0.5, 0.6) is 0 Å². The van der Waals surface area contributed by atoms with E-state index in [0.29, 0.717) is 6.61 Å². The van der Waals surface area contributed by atoms with Crippen molar-refractivity contribution >= 4 is 0 Å². The van der Waals surface area contributed by atoms with E-state index in [-0.39, 0.29) is 5.60 Å². The van der Waals surface area contributed by atoms with Gasteiger partial charge in [0.25, 0.3) is 0 Å². The summed E-state index contributed by atoms with van der Waals surface area (Å²) in [5.41, 5.74) is -0.0685. The Morgan fingerprint density at radius 1 is 1.50 bits per heavy atom. The Bertz CT molecular complexity index is 63.4. The molecule has 0 saturated heterocycles. The van der Waals surface area contributed by atoms with E-state index < -0.39 is 0 Å². The molecule has 0 amide bonds. The Hall–Kier alpha value is 0.790. The van der Waals surface area contributed by atoms with Crippen molar-refractivity contribution in [3.05, 3.63) is 0 Å². The number of hydrogen-bond acceptors (Lipinski definition) is 2. The van der Waals surface area contributed by atoms with Crippen molar-refractivity contribution in [2.24, 2.45) is 0 Å². The van der Waals surface area contributed by atoms with E-state index in [9.17, 15) is 0 Å². The van der Waals surface area contributed by atoms with E-state index in [0.717, 1.165) is 24.8 Å². The Morgan fingerprint density at radius 2 is 2.00 bits per heavy atom. The fourth-order valence-corrected chi connectivity index (χ4v) is 0.589. The van der Waals surface area contributed by atoms with Crippen molar-refractivity contribution < 1.29 is 32.4 Å². The van der Waals surface area contributed by atoms with Gasteiger partial charge in [-0.2, -0.15) is 0 Å². The molecular formula is C5H11HfO2. The topological polar surface area (TPSA) is 18.5 Å². The zero-order valence-corrected chi connectivity index (χ0v) is 9.12. The quantitative estimate of drug-likeness (QED) is 0.716. The van der Waals surface area contributed by atoms with Crippen LogP contribution in [0.2, 0.25) is 0 Å². The van der Waals surface area contributed by atoms with Crippen molar-refractivity contribution in [3.63, 3.8) is 0 Å². The number of methoxy groups -OCH3 is 1. The zero-order valence-electron chi connectivity index (χ0n) is 5.52. The molecule has 0 aliphatic heterocycles. The summed E-state index contributed by atoms with van der Waals surface area (Å²) in [6, 6.07) is 0. The van der Waals surface area contributed by atoms with E-state index in [1.807, 2.05) is 13.8 Å². The molecule has 0 aliphatic rings. The third kappa shape index (κ3) is 3.75. The van der Waals surface area contributed by atoms with Gasteiger partial charge < -0.3 is 0 Å². The van der Waals surface area contributed by atoms with Gasteiger partial charge in [-0.15, -0.1) is 0 Å². The molecule has 0 rings (SSSR count). The van der Waals surface area contributed by atoms with E-state index in [1.165, 1.54) is 0 Å². The van der Waals surface area contributed by atoms with Crippen molar-refractivity contribution in [2.45, 2.75) is 19.4 Å². The normalized spacial score (nSPS) is 11.8. The summed E-state index contributed by atoms with van der Waals surface area (Å²) in [4.78, 5) is 0. The number of ether oxygens (including phenoxy) is 1. The van der Waals surface area contributed by atoms with Gasteiger partial charge in [-0.05, 0) is 0 Å². The molecule has 0 atom stereocenters. The maximum atomic E-state index is 5.19. The van der Waals surface area contributed by atoms with Gasteiger partial charge in [0.2, 0.25) is 0 Å².